The van der Waals surface area contributed by atoms with Crippen molar-refractivity contribution in [2.75, 3.05) is 13.1 Å². The van der Waals surface area contributed by atoms with Crippen molar-refractivity contribution in [3.8, 4) is 0 Å². The smallest absolute Gasteiger partial charge is 0.328 e. The molecular weight excluding hydrogens is 584 g/mol. The maximum Gasteiger partial charge on any atom is 0.328 e. The Hall–Kier alpha value is -3.43. The number of primary amides is 1. The first-order valence-corrected chi connectivity index (χ1v) is 17.1. The third-order valence-corrected chi connectivity index (χ3v) is 8.67. The number of nitrogens with one attached hydrogen (secondary N) is 3. The highest BCUT2D eigenvalue weighted by Gasteiger charge is 2.31. The van der Waals surface area contributed by atoms with Crippen LogP contribution >= 0.6 is 0 Å². The summed E-state index contributed by atoms with van der Waals surface area (Å²) in [6, 6.07) is -1.08. The molecule has 1 aliphatic heterocycles. The van der Waals surface area contributed by atoms with Gasteiger partial charge in [-0.3, -0.25) is 19.2 Å². The molecule has 0 aromatic rings. The van der Waals surface area contributed by atoms with Crippen molar-refractivity contribution in [1.82, 2.24) is 16.0 Å². The van der Waals surface area contributed by atoms with E-state index in [2.05, 4.69) is 42.5 Å². The lowest BCUT2D eigenvalue weighted by Gasteiger charge is -2.29. The number of carbonyl (C=O) groups is 5. The summed E-state index contributed by atoms with van der Waals surface area (Å²) >= 11 is 0. The molecule has 0 spiro atoms. The number of unbranched alkanes of at least 4 members (excludes halogenated alkanes) is 3. The van der Waals surface area contributed by atoms with Crippen LogP contribution in [0, 0.1) is 23.7 Å². The van der Waals surface area contributed by atoms with E-state index in [0.717, 1.165) is 18.4 Å². The molecule has 3 amide bonds. The second-order valence-corrected chi connectivity index (χ2v) is 13.2. The van der Waals surface area contributed by atoms with Crippen molar-refractivity contribution in [3.05, 3.63) is 36.1 Å². The molecule has 1 aliphatic rings. The van der Waals surface area contributed by atoms with Crippen LogP contribution in [0.2, 0.25) is 0 Å². The molecule has 0 saturated carbocycles. The lowest BCUT2D eigenvalue weighted by atomic mass is 9.92. The van der Waals surface area contributed by atoms with Crippen LogP contribution < -0.4 is 21.7 Å². The van der Waals surface area contributed by atoms with E-state index in [1.807, 2.05) is 26.8 Å². The Labute approximate surface area is 276 Å². The molecule has 1 saturated heterocycles. The Morgan fingerprint density at radius 1 is 1.00 bits per heavy atom. The van der Waals surface area contributed by atoms with Crippen molar-refractivity contribution >= 4 is 29.5 Å². The molecule has 6 atom stereocenters. The fourth-order valence-corrected chi connectivity index (χ4v) is 5.14. The molecule has 260 valence electrons. The van der Waals surface area contributed by atoms with Crippen molar-refractivity contribution < 1.29 is 28.7 Å². The first-order chi connectivity index (χ1) is 21.7. The normalized spacial score (nSPS) is 23.5. The maximum absolute atomic E-state index is 13.3. The van der Waals surface area contributed by atoms with Gasteiger partial charge in [-0.2, -0.15) is 0 Å². The topological polar surface area (TPSA) is 157 Å². The SMILES string of the molecule is C=C1NCC(C)C(CCC(C)C(=O)C=CC(C)=CCCC(C)CCCCCC)OC(=O)C(CCC(N)=O)NC(=O)C(C)CNC1=O. The molecule has 5 N–H and O–H groups in total. The van der Waals surface area contributed by atoms with Crippen LogP contribution in [0.3, 0.4) is 0 Å². The van der Waals surface area contributed by atoms with Crippen LogP contribution in [0.15, 0.2) is 36.1 Å². The minimum atomic E-state index is -1.08. The molecule has 10 heteroatoms. The molecule has 10 nitrogen and oxygen atoms in total. The highest BCUT2D eigenvalue weighted by atomic mass is 16.5. The molecule has 1 fully saturated rings. The number of esters is 1. The van der Waals surface area contributed by atoms with Crippen molar-refractivity contribution in [1.29, 1.82) is 0 Å². The number of ether oxygens (including phenoxy) is 1. The zero-order valence-electron chi connectivity index (χ0n) is 29.1. The molecule has 0 aromatic heterocycles. The van der Waals surface area contributed by atoms with E-state index < -0.39 is 41.8 Å². The monoisotopic (exact) mass is 644 g/mol. The maximum atomic E-state index is 13.3. The first kappa shape index (κ1) is 40.6. The summed E-state index contributed by atoms with van der Waals surface area (Å²) < 4.78 is 5.91. The number of amides is 3. The molecule has 0 aliphatic carbocycles. The fraction of sp³-hybridized carbons (Fsp3) is 0.694. The van der Waals surface area contributed by atoms with E-state index in [1.165, 1.54) is 32.1 Å². The third kappa shape index (κ3) is 16.8. The molecule has 0 radical (unpaired) electrons. The van der Waals surface area contributed by atoms with Crippen LogP contribution in [-0.2, 0) is 28.7 Å². The zero-order chi connectivity index (χ0) is 34.6. The molecule has 1 heterocycles. The van der Waals surface area contributed by atoms with Crippen LogP contribution in [-0.4, -0.2) is 54.7 Å². The Balaban J connectivity index is 2.89. The van der Waals surface area contributed by atoms with Gasteiger partial charge in [0.15, 0.2) is 5.78 Å². The van der Waals surface area contributed by atoms with Crippen molar-refractivity contribution in [2.24, 2.45) is 29.4 Å². The van der Waals surface area contributed by atoms with Gasteiger partial charge in [0.2, 0.25) is 11.8 Å². The van der Waals surface area contributed by atoms with Gasteiger partial charge in [-0.25, -0.2) is 4.79 Å². The minimum Gasteiger partial charge on any atom is -0.460 e. The van der Waals surface area contributed by atoms with Crippen molar-refractivity contribution in [2.45, 2.75) is 124 Å². The zero-order valence-corrected chi connectivity index (χ0v) is 29.1. The van der Waals surface area contributed by atoms with E-state index in [9.17, 15) is 24.0 Å². The number of allylic oxidation sites excluding steroid dienone is 4. The standard InChI is InChI=1S/C36H60N4O6/c1-8-9-10-11-13-24(2)14-12-15-25(3)16-19-31(41)26(4)17-20-32-27(5)22-38-29(7)35(44)39-23-28(6)34(43)40-30(36(45)46-32)18-21-33(37)42/h15-16,19,24,26-28,30,32,38H,7-14,17-18,20-23H2,1-6H3,(H2,37,42)(H,39,44)(H,40,43). The van der Waals surface area contributed by atoms with Gasteiger partial charge in [0.25, 0.3) is 5.91 Å². The van der Waals surface area contributed by atoms with E-state index in [0.29, 0.717) is 25.3 Å². The number of cyclic esters (lactones) is 1. The summed E-state index contributed by atoms with van der Waals surface area (Å²) in [5.41, 5.74) is 6.50. The van der Waals surface area contributed by atoms with Gasteiger partial charge in [0.05, 0.1) is 11.6 Å². The lowest BCUT2D eigenvalue weighted by molar-refractivity contribution is -0.156. The minimum absolute atomic E-state index is 0.0133. The van der Waals surface area contributed by atoms with Gasteiger partial charge >= 0.3 is 5.97 Å². The summed E-state index contributed by atoms with van der Waals surface area (Å²) in [5.74, 6) is -2.74. The summed E-state index contributed by atoms with van der Waals surface area (Å²) in [6.07, 6.45) is 14.3. The molecular formula is C36H60N4O6. The van der Waals surface area contributed by atoms with Crippen LogP contribution in [0.5, 0.6) is 0 Å². The fourth-order valence-electron chi connectivity index (χ4n) is 5.14. The number of rotatable bonds is 17. The second-order valence-electron chi connectivity index (χ2n) is 13.2. The summed E-state index contributed by atoms with van der Waals surface area (Å²) in [6.45, 7) is 16.0. The molecule has 46 heavy (non-hydrogen) atoms. The van der Waals surface area contributed by atoms with Gasteiger partial charge < -0.3 is 26.4 Å². The Kier molecular flexibility index (Phi) is 19.6. The van der Waals surface area contributed by atoms with Gasteiger partial charge in [0, 0.05) is 31.3 Å². The highest BCUT2D eigenvalue weighted by molar-refractivity contribution is 5.93. The summed E-state index contributed by atoms with van der Waals surface area (Å²) in [4.78, 5) is 63.0. The van der Waals surface area contributed by atoms with E-state index in [1.54, 1.807) is 13.0 Å². The number of nitrogens with two attached hydrogens (primary N) is 1. The Bertz CT molecular complexity index is 1080. The van der Waals surface area contributed by atoms with E-state index in [4.69, 9.17) is 10.5 Å². The summed E-state index contributed by atoms with van der Waals surface area (Å²) in [5, 5.41) is 8.32. The van der Waals surface area contributed by atoms with Crippen molar-refractivity contribution in [3.63, 3.8) is 0 Å². The predicted octanol–water partition coefficient (Wildman–Crippen LogP) is 5.03. The van der Waals surface area contributed by atoms with Gasteiger partial charge in [-0.05, 0) is 51.0 Å². The number of hydrogen-bond acceptors (Lipinski definition) is 7. The molecule has 0 aromatic carbocycles. The Morgan fingerprint density at radius 2 is 1.72 bits per heavy atom. The summed E-state index contributed by atoms with van der Waals surface area (Å²) in [7, 11) is 0. The van der Waals surface area contributed by atoms with Crippen LogP contribution in [0.4, 0.5) is 0 Å². The van der Waals surface area contributed by atoms with E-state index in [-0.39, 0.29) is 42.7 Å². The average Bonchev–Trinajstić information content (AvgIpc) is 3.01. The molecule has 0 bridgehead atoms. The highest BCUT2D eigenvalue weighted by Crippen LogP contribution is 2.21. The second kappa shape index (κ2) is 22.2. The number of carbonyl (C=O) groups excluding carboxylic acids is 5. The quantitative estimate of drug-likeness (QED) is 0.0749. The Morgan fingerprint density at radius 3 is 2.39 bits per heavy atom. The first-order valence-electron chi connectivity index (χ1n) is 17.1. The number of hydrogen-bond donors (Lipinski definition) is 4. The van der Waals surface area contributed by atoms with Crippen LogP contribution in [0.25, 0.3) is 0 Å². The number of ketones is 1. The van der Waals surface area contributed by atoms with Gasteiger partial charge in [-0.1, -0.05) is 91.0 Å². The largest absolute Gasteiger partial charge is 0.460 e. The van der Waals surface area contributed by atoms with E-state index >= 15 is 0 Å². The lowest BCUT2D eigenvalue weighted by Crippen LogP contribution is -2.49. The molecule has 6 unspecified atom stereocenters. The van der Waals surface area contributed by atoms with Gasteiger partial charge in [0.1, 0.15) is 12.1 Å². The predicted molar refractivity (Wildman–Crippen MR) is 182 cm³/mol. The average molecular weight is 645 g/mol. The van der Waals surface area contributed by atoms with Crippen LogP contribution in [0.1, 0.15) is 112 Å². The van der Waals surface area contributed by atoms with Gasteiger partial charge in [-0.15, -0.1) is 0 Å². The third-order valence-electron chi connectivity index (χ3n) is 8.67. The molecule has 1 rings (SSSR count).